The van der Waals surface area contributed by atoms with Gasteiger partial charge < -0.3 is 9.47 Å². The van der Waals surface area contributed by atoms with Crippen molar-refractivity contribution in [3.63, 3.8) is 0 Å². The van der Waals surface area contributed by atoms with Crippen LogP contribution in [0, 0.1) is 0 Å². The van der Waals surface area contributed by atoms with Crippen LogP contribution in [0.3, 0.4) is 0 Å². The van der Waals surface area contributed by atoms with Gasteiger partial charge in [0.1, 0.15) is 0 Å². The van der Waals surface area contributed by atoms with Gasteiger partial charge in [0, 0.05) is 53.7 Å². The Morgan fingerprint density at radius 1 is 0.303 bits per heavy atom. The maximum atomic E-state index is 2.42. The lowest BCUT2D eigenvalue weighted by Crippen LogP contribution is -2.28. The number of hydrogen-bond donors (Lipinski definition) is 0. The highest BCUT2D eigenvalue weighted by atomic mass is 32.1. The number of anilines is 3. The summed E-state index contributed by atoms with van der Waals surface area (Å²) in [6.07, 6.45) is 0. The van der Waals surface area contributed by atoms with Crippen LogP contribution in [0.15, 0.2) is 291 Å². The molecule has 0 saturated carbocycles. The zero-order valence-electron chi connectivity index (χ0n) is 41.5. The molecule has 0 amide bonds. The van der Waals surface area contributed by atoms with Crippen LogP contribution in [0.2, 0.25) is 0 Å². The quantitative estimate of drug-likeness (QED) is 0.140. The van der Waals surface area contributed by atoms with Crippen molar-refractivity contribution in [1.82, 2.24) is 4.57 Å². The van der Waals surface area contributed by atoms with E-state index in [1.807, 2.05) is 11.3 Å². The van der Waals surface area contributed by atoms with E-state index in [1.165, 1.54) is 109 Å². The largest absolute Gasteiger partial charge is 0.311 e. The average Bonchev–Trinajstić information content (AvgIpc) is 4.26. The fourth-order valence-electron chi connectivity index (χ4n) is 12.5. The summed E-state index contributed by atoms with van der Waals surface area (Å²) in [7, 11) is 0. The second kappa shape index (κ2) is 17.8. The fraction of sp³-hybridized carbons (Fsp3) is 0.0137. The molecule has 2 heterocycles. The van der Waals surface area contributed by atoms with E-state index < -0.39 is 5.41 Å². The lowest BCUT2D eigenvalue weighted by Gasteiger charge is -2.33. The molecule has 15 rings (SSSR count). The number of benzene rings is 12. The SMILES string of the molecule is c1ccc(C2(c3ccccc3)c3ccccc3-c3cc(-c4ccc(N(c5ccc(-c6ccc(-n7c8ccccc8c8ccccc87)cc6)cc5)c5ccc(-c6cccc7c6sc6ccccc67)cc5)cc4)ccc32)cc1. The van der Waals surface area contributed by atoms with Gasteiger partial charge in [-0.05, 0) is 140 Å². The molecular weight excluding hydrogens is 937 g/mol. The molecule has 0 radical (unpaired) electrons. The minimum absolute atomic E-state index is 0.427. The van der Waals surface area contributed by atoms with Crippen LogP contribution >= 0.6 is 11.3 Å². The molecule has 14 aromatic rings. The molecule has 0 spiro atoms. The fourth-order valence-corrected chi connectivity index (χ4v) is 13.7. The molecule has 2 nitrogen and oxygen atoms in total. The van der Waals surface area contributed by atoms with Crippen molar-refractivity contribution in [2.45, 2.75) is 5.41 Å². The van der Waals surface area contributed by atoms with Crippen LogP contribution in [0.25, 0.3) is 92.2 Å². The summed E-state index contributed by atoms with van der Waals surface area (Å²) in [6.45, 7) is 0. The predicted octanol–water partition coefficient (Wildman–Crippen LogP) is 20.0. The van der Waals surface area contributed by atoms with Crippen molar-refractivity contribution in [1.29, 1.82) is 0 Å². The standard InChI is InChI=1S/C73H48N2S/c1-3-16-54(17-4-1)73(55-18-5-2-6-19-55)67-26-11-7-20-61(67)66-48-53(38-47-68(66)73)51-34-41-57(42-35-51)74(58-45-36-52(37-46-58)60-24-15-25-65-64-23-10-14-29-71(64)76-72(60)65)56-39-30-49(31-40-56)50-32-43-59(44-33-50)75-69-27-12-8-21-62(69)63-22-9-13-28-70(63)75/h1-48H. The van der Waals surface area contributed by atoms with Gasteiger partial charge >= 0.3 is 0 Å². The summed E-state index contributed by atoms with van der Waals surface area (Å²) in [4.78, 5) is 2.38. The number of nitrogens with zero attached hydrogens (tertiary/aromatic N) is 2. The predicted molar refractivity (Wildman–Crippen MR) is 322 cm³/mol. The van der Waals surface area contributed by atoms with E-state index in [4.69, 9.17) is 0 Å². The number of aromatic nitrogens is 1. The molecule has 3 heteroatoms. The molecule has 356 valence electrons. The van der Waals surface area contributed by atoms with E-state index in [0.717, 1.165) is 22.7 Å². The smallest absolute Gasteiger partial charge is 0.0713 e. The zero-order chi connectivity index (χ0) is 50.2. The first-order chi connectivity index (χ1) is 37.7. The Labute approximate surface area is 446 Å². The molecule has 0 fully saturated rings. The van der Waals surface area contributed by atoms with Crippen molar-refractivity contribution >= 4 is 70.4 Å². The second-order valence-electron chi connectivity index (χ2n) is 20.0. The van der Waals surface area contributed by atoms with Gasteiger partial charge in [-0.15, -0.1) is 11.3 Å². The number of para-hydroxylation sites is 2. The van der Waals surface area contributed by atoms with Gasteiger partial charge in [-0.3, -0.25) is 0 Å². The van der Waals surface area contributed by atoms with Crippen LogP contribution in [-0.2, 0) is 5.41 Å². The zero-order valence-corrected chi connectivity index (χ0v) is 42.3. The molecule has 0 aliphatic heterocycles. The molecule has 2 aromatic heterocycles. The average molecular weight is 985 g/mol. The highest BCUT2D eigenvalue weighted by molar-refractivity contribution is 7.26. The molecule has 1 aliphatic carbocycles. The van der Waals surface area contributed by atoms with Crippen molar-refractivity contribution in [2.75, 3.05) is 4.90 Å². The number of rotatable bonds is 9. The highest BCUT2D eigenvalue weighted by Crippen LogP contribution is 2.57. The van der Waals surface area contributed by atoms with Gasteiger partial charge in [0.2, 0.25) is 0 Å². The Morgan fingerprint density at radius 3 is 1.37 bits per heavy atom. The highest BCUT2D eigenvalue weighted by Gasteiger charge is 2.46. The lowest BCUT2D eigenvalue weighted by atomic mass is 9.67. The van der Waals surface area contributed by atoms with Crippen LogP contribution in [-0.4, -0.2) is 4.57 Å². The van der Waals surface area contributed by atoms with Gasteiger partial charge in [0.15, 0.2) is 0 Å². The van der Waals surface area contributed by atoms with Crippen molar-refractivity contribution in [2.24, 2.45) is 0 Å². The molecule has 0 bridgehead atoms. The van der Waals surface area contributed by atoms with Gasteiger partial charge in [0.05, 0.1) is 16.4 Å². The molecule has 0 atom stereocenters. The van der Waals surface area contributed by atoms with Crippen LogP contribution in [0.1, 0.15) is 22.3 Å². The number of thiophene rings is 1. The molecular formula is C73H48N2S. The van der Waals surface area contributed by atoms with Gasteiger partial charge in [0.25, 0.3) is 0 Å². The molecule has 76 heavy (non-hydrogen) atoms. The van der Waals surface area contributed by atoms with Crippen LogP contribution in [0.4, 0.5) is 17.1 Å². The molecule has 0 unspecified atom stereocenters. The first-order valence-corrected chi connectivity index (χ1v) is 27.0. The van der Waals surface area contributed by atoms with Gasteiger partial charge in [-0.1, -0.05) is 218 Å². The maximum absolute atomic E-state index is 2.42. The maximum Gasteiger partial charge on any atom is 0.0713 e. The Morgan fingerprint density at radius 2 is 0.750 bits per heavy atom. The van der Waals surface area contributed by atoms with Crippen LogP contribution < -0.4 is 4.90 Å². The number of hydrogen-bond acceptors (Lipinski definition) is 2. The number of fused-ring (bicyclic) bond motifs is 9. The summed E-state index contributed by atoms with van der Waals surface area (Å²) < 4.78 is 5.01. The van der Waals surface area contributed by atoms with Gasteiger partial charge in [-0.2, -0.15) is 0 Å². The van der Waals surface area contributed by atoms with E-state index >= 15 is 0 Å². The third kappa shape index (κ3) is 6.94. The Bertz CT molecular complexity index is 4380. The van der Waals surface area contributed by atoms with E-state index in [1.54, 1.807) is 0 Å². The van der Waals surface area contributed by atoms with E-state index in [9.17, 15) is 0 Å². The minimum atomic E-state index is -0.427. The second-order valence-corrected chi connectivity index (χ2v) is 21.0. The van der Waals surface area contributed by atoms with E-state index in [-0.39, 0.29) is 0 Å². The van der Waals surface area contributed by atoms with Crippen molar-refractivity contribution in [3.05, 3.63) is 313 Å². The first-order valence-electron chi connectivity index (χ1n) is 26.1. The first kappa shape index (κ1) is 44.0. The summed E-state index contributed by atoms with van der Waals surface area (Å²) in [5.74, 6) is 0. The normalized spacial score (nSPS) is 12.6. The topological polar surface area (TPSA) is 8.17 Å². The van der Waals surface area contributed by atoms with Gasteiger partial charge in [-0.25, -0.2) is 0 Å². The van der Waals surface area contributed by atoms with E-state index in [0.29, 0.717) is 0 Å². The van der Waals surface area contributed by atoms with E-state index in [2.05, 4.69) is 301 Å². The summed E-state index contributed by atoms with van der Waals surface area (Å²) >= 11 is 1.88. The Hall–Kier alpha value is -9.54. The summed E-state index contributed by atoms with van der Waals surface area (Å²) in [6, 6.07) is 107. The molecule has 1 aliphatic rings. The Kier molecular flexibility index (Phi) is 10.3. The van der Waals surface area contributed by atoms with Crippen LogP contribution in [0.5, 0.6) is 0 Å². The molecule has 0 saturated heterocycles. The monoisotopic (exact) mass is 984 g/mol. The van der Waals surface area contributed by atoms with Crippen molar-refractivity contribution in [3.8, 4) is 50.2 Å². The molecule has 12 aromatic carbocycles. The summed E-state index contributed by atoms with van der Waals surface area (Å²) in [5, 5.41) is 5.16. The molecule has 0 N–H and O–H groups in total. The Balaban J connectivity index is 0.801. The third-order valence-corrected chi connectivity index (χ3v) is 17.1. The van der Waals surface area contributed by atoms with Crippen molar-refractivity contribution < 1.29 is 0 Å². The summed E-state index contributed by atoms with van der Waals surface area (Å²) in [5.41, 5.74) is 21.3. The lowest BCUT2D eigenvalue weighted by molar-refractivity contribution is 0.768. The third-order valence-electron chi connectivity index (χ3n) is 15.9. The minimum Gasteiger partial charge on any atom is -0.311 e.